The Morgan fingerprint density at radius 3 is 2.72 bits per heavy atom. The van der Waals surface area contributed by atoms with Crippen LogP contribution in [0.4, 0.5) is 13.2 Å². The highest BCUT2D eigenvalue weighted by Gasteiger charge is 2.43. The Kier molecular flexibility index (Phi) is 5.83. The van der Waals surface area contributed by atoms with Crippen LogP contribution >= 0.6 is 0 Å². The van der Waals surface area contributed by atoms with Gasteiger partial charge in [-0.3, -0.25) is 0 Å². The number of nitrogens with zero attached hydrogens (tertiary/aromatic N) is 1. The Balaban J connectivity index is 2.32. The topological polar surface area (TPSA) is 48.0 Å². The number of piperidine rings is 1. The minimum Gasteiger partial charge on any atom is -0.382 e. The number of hydrogen-bond acceptors (Lipinski definition) is 5. The fourth-order valence-electron chi connectivity index (χ4n) is 1.59. The summed E-state index contributed by atoms with van der Waals surface area (Å²) in [6, 6.07) is 0. The number of rotatable bonds is 5. The first kappa shape index (κ1) is 15.2. The molecule has 0 amide bonds. The molecule has 0 bridgehead atoms. The molecule has 0 aromatic carbocycles. The highest BCUT2D eigenvalue weighted by Crippen LogP contribution is 2.20. The fourth-order valence-corrected chi connectivity index (χ4v) is 1.59. The number of alkyl halides is 3. The zero-order chi connectivity index (χ0) is 13.6. The second-order valence-corrected chi connectivity index (χ2v) is 3.89. The van der Waals surface area contributed by atoms with Crippen LogP contribution in [0.25, 0.3) is 0 Å². The molecule has 18 heavy (non-hydrogen) atoms. The molecule has 1 aliphatic rings. The molecule has 1 unspecified atom stereocenters. The van der Waals surface area contributed by atoms with Gasteiger partial charge in [0.15, 0.2) is 0 Å². The van der Waals surface area contributed by atoms with E-state index < -0.39 is 12.1 Å². The van der Waals surface area contributed by atoms with E-state index in [2.05, 4.69) is 4.84 Å². The van der Waals surface area contributed by atoms with Crippen LogP contribution in [0.5, 0.6) is 0 Å². The van der Waals surface area contributed by atoms with E-state index in [9.17, 15) is 18.0 Å². The lowest BCUT2D eigenvalue weighted by Gasteiger charge is -2.31. The first-order valence-corrected chi connectivity index (χ1v) is 5.58. The van der Waals surface area contributed by atoms with Crippen LogP contribution in [0.1, 0.15) is 12.8 Å². The van der Waals surface area contributed by atoms with Gasteiger partial charge in [-0.2, -0.15) is 13.2 Å². The summed E-state index contributed by atoms with van der Waals surface area (Å²) >= 11 is 0. The molecule has 1 atom stereocenters. The lowest BCUT2D eigenvalue weighted by molar-refractivity contribution is -0.247. The van der Waals surface area contributed by atoms with Crippen molar-refractivity contribution in [1.29, 1.82) is 0 Å². The maximum absolute atomic E-state index is 12.0. The summed E-state index contributed by atoms with van der Waals surface area (Å²) < 4.78 is 46.2. The van der Waals surface area contributed by atoms with Crippen LogP contribution in [0.2, 0.25) is 0 Å². The Bertz CT molecular complexity index is 272. The van der Waals surface area contributed by atoms with Gasteiger partial charge in [-0.15, -0.1) is 5.06 Å². The number of carbonyl (C=O) groups excluding carboxylic acids is 1. The van der Waals surface area contributed by atoms with E-state index in [0.29, 0.717) is 19.6 Å². The molecular weight excluding hydrogens is 255 g/mol. The van der Waals surface area contributed by atoms with Crippen LogP contribution < -0.4 is 0 Å². The normalized spacial score (nSPS) is 21.9. The summed E-state index contributed by atoms with van der Waals surface area (Å²) in [5, 5.41) is 0.997. The molecule has 1 aliphatic heterocycles. The van der Waals surface area contributed by atoms with Gasteiger partial charge in [-0.25, -0.2) is 4.79 Å². The van der Waals surface area contributed by atoms with Crippen molar-refractivity contribution in [2.45, 2.75) is 25.1 Å². The molecule has 106 valence electrons. The van der Waals surface area contributed by atoms with Crippen molar-refractivity contribution in [3.63, 3.8) is 0 Å². The maximum Gasteiger partial charge on any atom is 0.492 e. The Hall–Kier alpha value is -0.860. The molecule has 0 aromatic rings. The average molecular weight is 271 g/mol. The molecule has 5 nitrogen and oxygen atoms in total. The Labute approximate surface area is 103 Å². The van der Waals surface area contributed by atoms with E-state index in [4.69, 9.17) is 9.47 Å². The smallest absolute Gasteiger partial charge is 0.382 e. The van der Waals surface area contributed by atoms with Gasteiger partial charge < -0.3 is 14.3 Å². The first-order valence-electron chi connectivity index (χ1n) is 5.58. The SMILES string of the molecule is COCCOC1CCCN(OC(=O)C(F)(F)F)C1. The molecule has 0 aliphatic carbocycles. The molecular formula is C10H16F3NO4. The van der Waals surface area contributed by atoms with Crippen molar-refractivity contribution in [3.8, 4) is 0 Å². The lowest BCUT2D eigenvalue weighted by Crippen LogP contribution is -2.43. The molecule has 1 saturated heterocycles. The van der Waals surface area contributed by atoms with Crippen LogP contribution in [0, 0.1) is 0 Å². The van der Waals surface area contributed by atoms with E-state index in [1.54, 1.807) is 0 Å². The monoisotopic (exact) mass is 271 g/mol. The quantitative estimate of drug-likeness (QED) is 0.702. The third-order valence-corrected chi connectivity index (χ3v) is 2.43. The third kappa shape index (κ3) is 5.19. The molecule has 1 fully saturated rings. The third-order valence-electron chi connectivity index (χ3n) is 2.43. The zero-order valence-corrected chi connectivity index (χ0v) is 10.0. The van der Waals surface area contributed by atoms with Crippen molar-refractivity contribution >= 4 is 5.97 Å². The van der Waals surface area contributed by atoms with Crippen molar-refractivity contribution < 1.29 is 32.3 Å². The molecule has 0 N–H and O–H groups in total. The second-order valence-electron chi connectivity index (χ2n) is 3.89. The number of hydroxylamine groups is 2. The van der Waals surface area contributed by atoms with Crippen LogP contribution in [-0.2, 0) is 19.1 Å². The average Bonchev–Trinajstić information content (AvgIpc) is 2.28. The maximum atomic E-state index is 12.0. The van der Waals surface area contributed by atoms with Crippen molar-refractivity contribution in [1.82, 2.24) is 5.06 Å². The summed E-state index contributed by atoms with van der Waals surface area (Å²) in [5.74, 6) is -2.19. The van der Waals surface area contributed by atoms with Gasteiger partial charge >= 0.3 is 12.1 Å². The minimum atomic E-state index is -4.97. The lowest BCUT2D eigenvalue weighted by atomic mass is 10.1. The van der Waals surface area contributed by atoms with Gasteiger partial charge in [0, 0.05) is 13.7 Å². The number of carbonyl (C=O) groups is 1. The van der Waals surface area contributed by atoms with E-state index in [0.717, 1.165) is 11.5 Å². The van der Waals surface area contributed by atoms with Crippen LogP contribution in [-0.4, -0.2) is 56.7 Å². The summed E-state index contributed by atoms with van der Waals surface area (Å²) in [4.78, 5) is 14.9. The second kappa shape index (κ2) is 6.91. The predicted molar refractivity (Wildman–Crippen MR) is 54.6 cm³/mol. The van der Waals surface area contributed by atoms with E-state index in [1.807, 2.05) is 0 Å². The van der Waals surface area contributed by atoms with E-state index in [1.165, 1.54) is 7.11 Å². The predicted octanol–water partition coefficient (Wildman–Crippen LogP) is 1.13. The number of hydrogen-bond donors (Lipinski definition) is 0. The zero-order valence-electron chi connectivity index (χ0n) is 10.0. The van der Waals surface area contributed by atoms with Gasteiger partial charge in [0.2, 0.25) is 0 Å². The fraction of sp³-hybridized carbons (Fsp3) is 0.900. The Morgan fingerprint density at radius 2 is 2.11 bits per heavy atom. The standard InChI is InChI=1S/C10H16F3NO4/c1-16-5-6-17-8-3-2-4-14(7-8)18-9(15)10(11,12)13/h8H,2-7H2,1H3. The molecule has 1 heterocycles. The largest absolute Gasteiger partial charge is 0.492 e. The molecule has 1 rings (SSSR count). The van der Waals surface area contributed by atoms with Gasteiger partial charge in [0.25, 0.3) is 0 Å². The molecule has 0 radical (unpaired) electrons. The first-order chi connectivity index (χ1) is 8.43. The van der Waals surface area contributed by atoms with Gasteiger partial charge in [0.1, 0.15) is 0 Å². The van der Waals surface area contributed by atoms with Gasteiger partial charge in [-0.05, 0) is 12.8 Å². The number of halogens is 3. The van der Waals surface area contributed by atoms with E-state index >= 15 is 0 Å². The highest BCUT2D eigenvalue weighted by atomic mass is 19.4. The van der Waals surface area contributed by atoms with E-state index in [-0.39, 0.29) is 19.2 Å². The van der Waals surface area contributed by atoms with Crippen molar-refractivity contribution in [3.05, 3.63) is 0 Å². The summed E-state index contributed by atoms with van der Waals surface area (Å²) in [5.41, 5.74) is 0. The van der Waals surface area contributed by atoms with Crippen LogP contribution in [0.3, 0.4) is 0 Å². The summed E-state index contributed by atoms with van der Waals surface area (Å²) in [7, 11) is 1.53. The molecule has 0 spiro atoms. The number of ether oxygens (including phenoxy) is 2. The Morgan fingerprint density at radius 1 is 1.39 bits per heavy atom. The van der Waals surface area contributed by atoms with Gasteiger partial charge in [-0.1, -0.05) is 0 Å². The molecule has 0 aromatic heterocycles. The van der Waals surface area contributed by atoms with Crippen molar-refractivity contribution in [2.75, 3.05) is 33.4 Å². The summed E-state index contributed by atoms with van der Waals surface area (Å²) in [6.45, 7) is 1.21. The minimum absolute atomic E-state index is 0.144. The highest BCUT2D eigenvalue weighted by molar-refractivity contribution is 5.75. The molecule has 0 saturated carbocycles. The van der Waals surface area contributed by atoms with Crippen LogP contribution in [0.15, 0.2) is 0 Å². The van der Waals surface area contributed by atoms with Crippen molar-refractivity contribution in [2.24, 2.45) is 0 Å². The summed E-state index contributed by atoms with van der Waals surface area (Å²) in [6.07, 6.45) is -3.87. The molecule has 8 heteroatoms. The number of methoxy groups -OCH3 is 1. The van der Waals surface area contributed by atoms with Gasteiger partial charge in [0.05, 0.1) is 25.9 Å².